The standard InChI is InChI=1S/C11H24O.H3N/c1-3-5-6-7-8-9-11-12-10-4-2;/h3-11H2,1-2H3;1H3. The third-order valence-electron chi connectivity index (χ3n) is 1.99. The van der Waals surface area contributed by atoms with E-state index in [2.05, 4.69) is 13.8 Å². The average molecular weight is 189 g/mol. The van der Waals surface area contributed by atoms with Crippen LogP contribution in [0.2, 0.25) is 0 Å². The van der Waals surface area contributed by atoms with Gasteiger partial charge in [0.25, 0.3) is 0 Å². The van der Waals surface area contributed by atoms with Gasteiger partial charge in [0, 0.05) is 13.2 Å². The zero-order valence-corrected chi connectivity index (χ0v) is 9.48. The van der Waals surface area contributed by atoms with Gasteiger partial charge < -0.3 is 10.9 Å². The first-order chi connectivity index (χ1) is 5.91. The van der Waals surface area contributed by atoms with Crippen LogP contribution in [-0.4, -0.2) is 13.2 Å². The van der Waals surface area contributed by atoms with Crippen molar-refractivity contribution in [2.24, 2.45) is 0 Å². The molecule has 0 aliphatic rings. The molecule has 0 aromatic rings. The molecule has 2 nitrogen and oxygen atoms in total. The summed E-state index contributed by atoms with van der Waals surface area (Å²) in [5, 5.41) is 0. The Morgan fingerprint density at radius 2 is 1.31 bits per heavy atom. The zero-order valence-electron chi connectivity index (χ0n) is 9.48. The number of rotatable bonds is 9. The van der Waals surface area contributed by atoms with E-state index < -0.39 is 0 Å². The largest absolute Gasteiger partial charge is 0.381 e. The summed E-state index contributed by atoms with van der Waals surface area (Å²) in [7, 11) is 0. The van der Waals surface area contributed by atoms with Gasteiger partial charge in [0.2, 0.25) is 0 Å². The third kappa shape index (κ3) is 14.7. The average Bonchev–Trinajstić information content (AvgIpc) is 2.10. The van der Waals surface area contributed by atoms with E-state index in [1.165, 1.54) is 38.5 Å². The second kappa shape index (κ2) is 14.4. The molecule has 2 heteroatoms. The summed E-state index contributed by atoms with van der Waals surface area (Å²) in [4.78, 5) is 0. The van der Waals surface area contributed by atoms with Gasteiger partial charge in [-0.25, -0.2) is 0 Å². The lowest BCUT2D eigenvalue weighted by atomic mass is 10.1. The molecule has 0 spiro atoms. The van der Waals surface area contributed by atoms with E-state index in [1.807, 2.05) is 0 Å². The first-order valence-corrected chi connectivity index (χ1v) is 5.49. The van der Waals surface area contributed by atoms with Crippen LogP contribution < -0.4 is 6.15 Å². The Bertz CT molecular complexity index is 66.5. The van der Waals surface area contributed by atoms with Crippen LogP contribution in [0.25, 0.3) is 0 Å². The van der Waals surface area contributed by atoms with E-state index in [9.17, 15) is 0 Å². The summed E-state index contributed by atoms with van der Waals surface area (Å²) >= 11 is 0. The Morgan fingerprint density at radius 3 is 1.92 bits per heavy atom. The fourth-order valence-corrected chi connectivity index (χ4v) is 1.23. The molecule has 0 aromatic heterocycles. The maximum atomic E-state index is 5.39. The number of hydrogen-bond donors (Lipinski definition) is 1. The molecule has 82 valence electrons. The van der Waals surface area contributed by atoms with Crippen molar-refractivity contribution >= 4 is 0 Å². The van der Waals surface area contributed by atoms with Crippen molar-refractivity contribution < 1.29 is 4.74 Å². The van der Waals surface area contributed by atoms with Gasteiger partial charge in [-0.05, 0) is 12.8 Å². The predicted molar refractivity (Wildman–Crippen MR) is 59.5 cm³/mol. The first kappa shape index (κ1) is 15.4. The minimum absolute atomic E-state index is 0. The molecule has 0 bridgehead atoms. The van der Waals surface area contributed by atoms with Crippen molar-refractivity contribution in [2.75, 3.05) is 13.2 Å². The van der Waals surface area contributed by atoms with Gasteiger partial charge in [0.15, 0.2) is 0 Å². The van der Waals surface area contributed by atoms with Crippen LogP contribution in [0.3, 0.4) is 0 Å². The molecule has 0 rings (SSSR count). The maximum absolute atomic E-state index is 5.39. The minimum atomic E-state index is 0. The molecule has 0 amide bonds. The van der Waals surface area contributed by atoms with Crippen LogP contribution >= 0.6 is 0 Å². The number of ether oxygens (including phenoxy) is 1. The van der Waals surface area contributed by atoms with Gasteiger partial charge in [0.05, 0.1) is 0 Å². The molecule has 0 atom stereocenters. The van der Waals surface area contributed by atoms with Gasteiger partial charge >= 0.3 is 0 Å². The highest BCUT2D eigenvalue weighted by Crippen LogP contribution is 2.04. The summed E-state index contributed by atoms with van der Waals surface area (Å²) in [5.74, 6) is 0. The molecule has 0 aliphatic heterocycles. The van der Waals surface area contributed by atoms with E-state index in [4.69, 9.17) is 4.74 Å². The highest BCUT2D eigenvalue weighted by molar-refractivity contribution is 4.43. The lowest BCUT2D eigenvalue weighted by Crippen LogP contribution is -1.95. The van der Waals surface area contributed by atoms with Crippen LogP contribution in [0.1, 0.15) is 58.8 Å². The van der Waals surface area contributed by atoms with Crippen molar-refractivity contribution in [3.05, 3.63) is 0 Å². The molecule has 0 heterocycles. The second-order valence-corrected chi connectivity index (χ2v) is 3.38. The van der Waals surface area contributed by atoms with Crippen molar-refractivity contribution in [1.29, 1.82) is 0 Å². The van der Waals surface area contributed by atoms with Gasteiger partial charge in [-0.15, -0.1) is 0 Å². The van der Waals surface area contributed by atoms with Crippen molar-refractivity contribution in [1.82, 2.24) is 6.15 Å². The maximum Gasteiger partial charge on any atom is 0.0466 e. The molecule has 0 aliphatic carbocycles. The van der Waals surface area contributed by atoms with Crippen LogP contribution in [0.5, 0.6) is 0 Å². The first-order valence-electron chi connectivity index (χ1n) is 5.49. The summed E-state index contributed by atoms with van der Waals surface area (Å²) in [5.41, 5.74) is 0. The lowest BCUT2D eigenvalue weighted by molar-refractivity contribution is 0.130. The molecular weight excluding hydrogens is 162 g/mol. The smallest absolute Gasteiger partial charge is 0.0466 e. The van der Waals surface area contributed by atoms with Crippen LogP contribution in [0.15, 0.2) is 0 Å². The summed E-state index contributed by atoms with van der Waals surface area (Å²) in [6.45, 7) is 6.32. The summed E-state index contributed by atoms with van der Waals surface area (Å²) in [6, 6.07) is 0. The van der Waals surface area contributed by atoms with Crippen LogP contribution in [0.4, 0.5) is 0 Å². The molecule has 0 fully saturated rings. The fourth-order valence-electron chi connectivity index (χ4n) is 1.23. The highest BCUT2D eigenvalue weighted by atomic mass is 16.5. The molecule has 0 saturated heterocycles. The Hall–Kier alpha value is -0.0800. The van der Waals surface area contributed by atoms with Gasteiger partial charge in [-0.1, -0.05) is 46.0 Å². The molecule has 0 unspecified atom stereocenters. The number of hydrogen-bond acceptors (Lipinski definition) is 2. The molecule has 0 radical (unpaired) electrons. The quantitative estimate of drug-likeness (QED) is 0.558. The molecule has 0 saturated carbocycles. The topological polar surface area (TPSA) is 44.2 Å². The van der Waals surface area contributed by atoms with Crippen molar-refractivity contribution in [2.45, 2.75) is 58.8 Å². The Balaban J connectivity index is 0. The number of unbranched alkanes of at least 4 members (excludes halogenated alkanes) is 5. The monoisotopic (exact) mass is 189 g/mol. The lowest BCUT2D eigenvalue weighted by Gasteiger charge is -2.01. The Kier molecular flexibility index (Phi) is 17.1. The van der Waals surface area contributed by atoms with Crippen LogP contribution in [0, 0.1) is 0 Å². The minimum Gasteiger partial charge on any atom is -0.381 e. The zero-order chi connectivity index (χ0) is 9.07. The molecule has 0 aromatic carbocycles. The van der Waals surface area contributed by atoms with E-state index in [-0.39, 0.29) is 6.15 Å². The van der Waals surface area contributed by atoms with Crippen molar-refractivity contribution in [3.63, 3.8) is 0 Å². The van der Waals surface area contributed by atoms with Crippen LogP contribution in [-0.2, 0) is 4.74 Å². The summed E-state index contributed by atoms with van der Waals surface area (Å²) in [6.07, 6.45) is 9.29. The van der Waals surface area contributed by atoms with E-state index in [1.54, 1.807) is 0 Å². The predicted octanol–water partition coefficient (Wildman–Crippen LogP) is 3.94. The third-order valence-corrected chi connectivity index (χ3v) is 1.99. The highest BCUT2D eigenvalue weighted by Gasteiger charge is 1.89. The second-order valence-electron chi connectivity index (χ2n) is 3.38. The normalized spacial score (nSPS) is 9.69. The molecular formula is C11H27NO. The van der Waals surface area contributed by atoms with E-state index >= 15 is 0 Å². The molecule has 13 heavy (non-hydrogen) atoms. The Labute approximate surface area is 83.6 Å². The summed E-state index contributed by atoms with van der Waals surface area (Å²) < 4.78 is 5.39. The fraction of sp³-hybridized carbons (Fsp3) is 1.00. The van der Waals surface area contributed by atoms with E-state index in [0.717, 1.165) is 19.6 Å². The van der Waals surface area contributed by atoms with Crippen molar-refractivity contribution in [3.8, 4) is 0 Å². The van der Waals surface area contributed by atoms with Gasteiger partial charge in [-0.2, -0.15) is 0 Å². The molecule has 3 N–H and O–H groups in total. The SMILES string of the molecule is CCCCCCCCOCCC.N. The Morgan fingerprint density at radius 1 is 0.692 bits per heavy atom. The van der Waals surface area contributed by atoms with Gasteiger partial charge in [0.1, 0.15) is 0 Å². The van der Waals surface area contributed by atoms with E-state index in [0.29, 0.717) is 0 Å². The van der Waals surface area contributed by atoms with Gasteiger partial charge in [-0.3, -0.25) is 0 Å².